The van der Waals surface area contributed by atoms with Crippen LogP contribution in [0.2, 0.25) is 0 Å². The molecule has 0 saturated heterocycles. The summed E-state index contributed by atoms with van der Waals surface area (Å²) in [5.74, 6) is 1.02. The van der Waals surface area contributed by atoms with Gasteiger partial charge in [0.05, 0.1) is 6.54 Å². The maximum Gasteiger partial charge on any atom is 0.412 e. The first-order valence-electron chi connectivity index (χ1n) is 10.5. The van der Waals surface area contributed by atoms with Gasteiger partial charge in [0.25, 0.3) is 0 Å². The average Bonchev–Trinajstić information content (AvgIpc) is 2.80. The number of carbonyl (C=O) groups excluding carboxylic acids is 1. The molecule has 2 atom stereocenters. The highest BCUT2D eigenvalue weighted by Crippen LogP contribution is 2.29. The fourth-order valence-electron chi connectivity index (χ4n) is 3.50. The number of benzene rings is 3. The van der Waals surface area contributed by atoms with Crippen LogP contribution in [0.3, 0.4) is 0 Å². The number of nitrogens with one attached hydrogen (secondary N) is 1. The maximum absolute atomic E-state index is 12.5. The standard InChI is InChI=1S/C26H26N2O3/c1-18(2)19-13-15-21(16-14-19)25-27-17-23(24(31-25)20-9-5-3-6-10-20)30-26(29)28-22-11-7-4-8-12-22/h3-16,18,23-24H,17H2,1-2H3,(H,28,29). The largest absolute Gasteiger partial charge is 0.465 e. The summed E-state index contributed by atoms with van der Waals surface area (Å²) in [6.45, 7) is 4.65. The van der Waals surface area contributed by atoms with E-state index in [2.05, 4.69) is 36.3 Å². The van der Waals surface area contributed by atoms with E-state index in [4.69, 9.17) is 9.47 Å². The number of hydrogen-bond donors (Lipinski definition) is 1. The number of hydrogen-bond acceptors (Lipinski definition) is 4. The minimum atomic E-state index is -0.537. The molecule has 0 bridgehead atoms. The monoisotopic (exact) mass is 414 g/mol. The lowest BCUT2D eigenvalue weighted by Gasteiger charge is -2.31. The average molecular weight is 415 g/mol. The zero-order valence-corrected chi connectivity index (χ0v) is 17.7. The Kier molecular flexibility index (Phi) is 6.32. The van der Waals surface area contributed by atoms with Crippen LogP contribution in [0.5, 0.6) is 0 Å². The van der Waals surface area contributed by atoms with Crippen LogP contribution >= 0.6 is 0 Å². The van der Waals surface area contributed by atoms with Crippen LogP contribution in [0.25, 0.3) is 0 Å². The molecule has 3 aromatic rings. The van der Waals surface area contributed by atoms with Crippen molar-refractivity contribution in [3.05, 3.63) is 102 Å². The molecule has 1 aliphatic rings. The van der Waals surface area contributed by atoms with Crippen LogP contribution in [-0.4, -0.2) is 24.6 Å². The number of nitrogens with zero attached hydrogens (tertiary/aromatic N) is 1. The fraction of sp³-hybridized carbons (Fsp3) is 0.231. The molecule has 4 rings (SSSR count). The predicted molar refractivity (Wildman–Crippen MR) is 123 cm³/mol. The number of aliphatic imine (C=N–C) groups is 1. The van der Waals surface area contributed by atoms with E-state index < -0.39 is 18.3 Å². The predicted octanol–water partition coefficient (Wildman–Crippen LogP) is 5.95. The second kappa shape index (κ2) is 9.47. The van der Waals surface area contributed by atoms with E-state index in [0.717, 1.165) is 11.1 Å². The first-order chi connectivity index (χ1) is 15.1. The Morgan fingerprint density at radius 1 is 0.968 bits per heavy atom. The van der Waals surface area contributed by atoms with Crippen molar-refractivity contribution in [1.29, 1.82) is 0 Å². The van der Waals surface area contributed by atoms with E-state index in [-0.39, 0.29) is 0 Å². The molecule has 3 aromatic carbocycles. The number of ether oxygens (including phenoxy) is 2. The quantitative estimate of drug-likeness (QED) is 0.562. The Bertz CT molecular complexity index is 1030. The zero-order chi connectivity index (χ0) is 21.6. The molecule has 0 fully saturated rings. The molecule has 1 N–H and O–H groups in total. The molecular weight excluding hydrogens is 388 g/mol. The van der Waals surface area contributed by atoms with Crippen molar-refractivity contribution in [3.63, 3.8) is 0 Å². The first-order valence-corrected chi connectivity index (χ1v) is 10.5. The summed E-state index contributed by atoms with van der Waals surface area (Å²) in [6, 6.07) is 27.3. The summed E-state index contributed by atoms with van der Waals surface area (Å²) in [4.78, 5) is 17.1. The lowest BCUT2D eigenvalue weighted by atomic mass is 10.0. The van der Waals surface area contributed by atoms with E-state index in [1.54, 1.807) is 0 Å². The van der Waals surface area contributed by atoms with Gasteiger partial charge in [0.15, 0.2) is 12.2 Å². The number of anilines is 1. The first kappa shape index (κ1) is 20.7. The molecule has 2 unspecified atom stereocenters. The van der Waals surface area contributed by atoms with Crippen LogP contribution in [0.15, 0.2) is 89.9 Å². The Morgan fingerprint density at radius 3 is 2.26 bits per heavy atom. The third-order valence-electron chi connectivity index (χ3n) is 5.22. The molecule has 5 heteroatoms. The van der Waals surface area contributed by atoms with E-state index in [1.165, 1.54) is 5.56 Å². The van der Waals surface area contributed by atoms with E-state index in [1.807, 2.05) is 72.8 Å². The van der Waals surface area contributed by atoms with Gasteiger partial charge in [-0.05, 0) is 41.3 Å². The maximum atomic E-state index is 12.5. The number of amides is 1. The van der Waals surface area contributed by atoms with E-state index >= 15 is 0 Å². The number of para-hydroxylation sites is 1. The number of carbonyl (C=O) groups is 1. The molecule has 158 valence electrons. The van der Waals surface area contributed by atoms with Gasteiger partial charge in [0.1, 0.15) is 0 Å². The van der Waals surface area contributed by atoms with Crippen LogP contribution < -0.4 is 5.32 Å². The summed E-state index contributed by atoms with van der Waals surface area (Å²) < 4.78 is 12.0. The molecule has 0 saturated carbocycles. The minimum Gasteiger partial charge on any atom is -0.465 e. The van der Waals surface area contributed by atoms with Crippen molar-refractivity contribution >= 4 is 17.7 Å². The van der Waals surface area contributed by atoms with E-state index in [9.17, 15) is 4.79 Å². The van der Waals surface area contributed by atoms with E-state index in [0.29, 0.717) is 24.0 Å². The number of rotatable bonds is 5. The van der Waals surface area contributed by atoms with Crippen LogP contribution in [0, 0.1) is 0 Å². The van der Waals surface area contributed by atoms with Gasteiger partial charge < -0.3 is 9.47 Å². The second-order valence-electron chi connectivity index (χ2n) is 7.81. The fourth-order valence-corrected chi connectivity index (χ4v) is 3.50. The van der Waals surface area contributed by atoms with Crippen molar-refractivity contribution in [1.82, 2.24) is 0 Å². The summed E-state index contributed by atoms with van der Waals surface area (Å²) in [6.07, 6.45) is -1.51. The van der Waals surface area contributed by atoms with Gasteiger partial charge in [0, 0.05) is 11.3 Å². The van der Waals surface area contributed by atoms with Crippen molar-refractivity contribution < 1.29 is 14.3 Å². The summed E-state index contributed by atoms with van der Waals surface area (Å²) in [5, 5.41) is 2.76. The molecule has 1 heterocycles. The molecule has 1 amide bonds. The Balaban J connectivity index is 1.54. The smallest absolute Gasteiger partial charge is 0.412 e. The van der Waals surface area contributed by atoms with Crippen molar-refractivity contribution in [3.8, 4) is 0 Å². The Labute approximate surface area is 182 Å². The van der Waals surface area contributed by atoms with Crippen molar-refractivity contribution in [2.75, 3.05) is 11.9 Å². The van der Waals surface area contributed by atoms with Gasteiger partial charge in [-0.1, -0.05) is 74.5 Å². The molecule has 0 spiro atoms. The molecule has 0 aliphatic carbocycles. The SMILES string of the molecule is CC(C)c1ccc(C2=NCC(OC(=O)Nc3ccccc3)C(c3ccccc3)O2)cc1. The Morgan fingerprint density at radius 2 is 1.61 bits per heavy atom. The van der Waals surface area contributed by atoms with Crippen LogP contribution in [-0.2, 0) is 9.47 Å². The van der Waals surface area contributed by atoms with Crippen LogP contribution in [0.4, 0.5) is 10.5 Å². The molecular formula is C26H26N2O3. The highest BCUT2D eigenvalue weighted by atomic mass is 16.6. The molecule has 1 aliphatic heterocycles. The van der Waals surface area contributed by atoms with Gasteiger partial charge in [-0.15, -0.1) is 0 Å². The lowest BCUT2D eigenvalue weighted by Crippen LogP contribution is -2.37. The topological polar surface area (TPSA) is 59.9 Å². The normalized spacial score (nSPS) is 18.1. The third-order valence-corrected chi connectivity index (χ3v) is 5.22. The Hall–Kier alpha value is -3.60. The highest BCUT2D eigenvalue weighted by molar-refractivity contribution is 5.95. The summed E-state index contributed by atoms with van der Waals surface area (Å²) >= 11 is 0. The second-order valence-corrected chi connectivity index (χ2v) is 7.81. The highest BCUT2D eigenvalue weighted by Gasteiger charge is 2.33. The summed E-state index contributed by atoms with van der Waals surface area (Å²) in [7, 11) is 0. The van der Waals surface area contributed by atoms with Crippen LogP contribution in [0.1, 0.15) is 42.6 Å². The van der Waals surface area contributed by atoms with Crippen molar-refractivity contribution in [2.24, 2.45) is 4.99 Å². The van der Waals surface area contributed by atoms with Gasteiger partial charge in [0.2, 0.25) is 5.90 Å². The van der Waals surface area contributed by atoms with Crippen molar-refractivity contribution in [2.45, 2.75) is 32.0 Å². The zero-order valence-electron chi connectivity index (χ0n) is 17.7. The van der Waals surface area contributed by atoms with Gasteiger partial charge in [-0.3, -0.25) is 5.32 Å². The summed E-state index contributed by atoms with van der Waals surface area (Å²) in [5.41, 5.74) is 3.79. The minimum absolute atomic E-state index is 0.322. The van der Waals surface area contributed by atoms with Gasteiger partial charge in [-0.25, -0.2) is 9.79 Å². The lowest BCUT2D eigenvalue weighted by molar-refractivity contribution is 0.00996. The molecule has 5 nitrogen and oxygen atoms in total. The van der Waals surface area contributed by atoms with Gasteiger partial charge in [-0.2, -0.15) is 0 Å². The van der Waals surface area contributed by atoms with Gasteiger partial charge >= 0.3 is 6.09 Å². The molecule has 0 radical (unpaired) electrons. The molecule has 31 heavy (non-hydrogen) atoms. The molecule has 0 aromatic heterocycles. The third kappa shape index (κ3) is 5.12.